The van der Waals surface area contributed by atoms with E-state index >= 15 is 0 Å². The van der Waals surface area contributed by atoms with E-state index in [2.05, 4.69) is 4.98 Å². The molecule has 3 rings (SSSR count). The van der Waals surface area contributed by atoms with Crippen LogP contribution in [0.4, 0.5) is 5.69 Å². The average Bonchev–Trinajstić information content (AvgIpc) is 2.88. The normalized spacial score (nSPS) is 11.3. The summed E-state index contributed by atoms with van der Waals surface area (Å²) < 4.78 is 5.48. The third-order valence-electron chi connectivity index (χ3n) is 2.89. The molecule has 1 aromatic heterocycles. The summed E-state index contributed by atoms with van der Waals surface area (Å²) >= 11 is 5.81. The SMILES string of the molecule is O=[N+]([O-])c1ccc2nc(/C=C/c3ccc(Cl)cc3)oc2c1. The minimum absolute atomic E-state index is 0.0214. The van der Waals surface area contributed by atoms with Crippen LogP contribution >= 0.6 is 11.6 Å². The summed E-state index contributed by atoms with van der Waals surface area (Å²) in [6.45, 7) is 0. The first-order valence-electron chi connectivity index (χ1n) is 6.10. The molecule has 0 atom stereocenters. The molecule has 0 N–H and O–H groups in total. The molecule has 3 aromatic rings. The molecule has 0 radical (unpaired) electrons. The molecule has 0 spiro atoms. The van der Waals surface area contributed by atoms with E-state index < -0.39 is 4.92 Å². The molecule has 6 heteroatoms. The highest BCUT2D eigenvalue weighted by molar-refractivity contribution is 6.30. The van der Waals surface area contributed by atoms with Crippen LogP contribution in [0, 0.1) is 10.1 Å². The molecule has 0 aliphatic rings. The maximum Gasteiger partial charge on any atom is 0.273 e. The summed E-state index contributed by atoms with van der Waals surface area (Å²) in [7, 11) is 0. The number of rotatable bonds is 3. The summed E-state index contributed by atoms with van der Waals surface area (Å²) in [4.78, 5) is 14.5. The topological polar surface area (TPSA) is 69.2 Å². The van der Waals surface area contributed by atoms with Gasteiger partial charge in [0.15, 0.2) is 5.58 Å². The van der Waals surface area contributed by atoms with Gasteiger partial charge in [-0.3, -0.25) is 10.1 Å². The Morgan fingerprint density at radius 1 is 1.14 bits per heavy atom. The first-order chi connectivity index (χ1) is 10.1. The highest BCUT2D eigenvalue weighted by atomic mass is 35.5. The molecule has 104 valence electrons. The number of benzene rings is 2. The summed E-state index contributed by atoms with van der Waals surface area (Å²) in [6.07, 6.45) is 3.53. The standard InChI is InChI=1S/C15H9ClN2O3/c16-11-4-1-10(2-5-11)3-8-15-17-13-7-6-12(18(19)20)9-14(13)21-15/h1-9H/b8-3+. The Kier molecular flexibility index (Phi) is 3.41. The Balaban J connectivity index is 1.90. The van der Waals surface area contributed by atoms with Crippen molar-refractivity contribution in [1.29, 1.82) is 0 Å². The molecule has 21 heavy (non-hydrogen) atoms. The van der Waals surface area contributed by atoms with Crippen molar-refractivity contribution in [2.45, 2.75) is 0 Å². The molecule has 0 bridgehead atoms. The minimum atomic E-state index is -0.467. The molecule has 2 aromatic carbocycles. The van der Waals surface area contributed by atoms with Crippen LogP contribution in [0.25, 0.3) is 23.3 Å². The second-order valence-electron chi connectivity index (χ2n) is 4.35. The lowest BCUT2D eigenvalue weighted by Gasteiger charge is -1.92. The predicted octanol–water partition coefficient (Wildman–Crippen LogP) is 4.56. The molecule has 1 heterocycles. The van der Waals surface area contributed by atoms with E-state index in [4.69, 9.17) is 16.0 Å². The van der Waals surface area contributed by atoms with Gasteiger partial charge in [-0.05, 0) is 29.8 Å². The fourth-order valence-corrected chi connectivity index (χ4v) is 1.98. The maximum absolute atomic E-state index is 10.7. The highest BCUT2D eigenvalue weighted by Gasteiger charge is 2.10. The van der Waals surface area contributed by atoms with Gasteiger partial charge in [-0.15, -0.1) is 0 Å². The molecule has 0 amide bonds. The minimum Gasteiger partial charge on any atom is -0.436 e. The van der Waals surface area contributed by atoms with Crippen LogP contribution in [-0.2, 0) is 0 Å². The first-order valence-corrected chi connectivity index (χ1v) is 6.48. The van der Waals surface area contributed by atoms with Crippen molar-refractivity contribution in [1.82, 2.24) is 4.98 Å². The molecule has 5 nitrogen and oxygen atoms in total. The number of hydrogen-bond acceptors (Lipinski definition) is 4. The van der Waals surface area contributed by atoms with Crippen molar-refractivity contribution < 1.29 is 9.34 Å². The van der Waals surface area contributed by atoms with Crippen molar-refractivity contribution >= 4 is 40.5 Å². The van der Waals surface area contributed by atoms with E-state index in [-0.39, 0.29) is 5.69 Å². The molecular weight excluding hydrogens is 292 g/mol. The summed E-state index contributed by atoms with van der Waals surface area (Å²) in [5, 5.41) is 11.4. The predicted molar refractivity (Wildman–Crippen MR) is 81.0 cm³/mol. The number of oxazole rings is 1. The van der Waals surface area contributed by atoms with E-state index in [0.29, 0.717) is 22.0 Å². The largest absolute Gasteiger partial charge is 0.436 e. The summed E-state index contributed by atoms with van der Waals surface area (Å²) in [6, 6.07) is 11.6. The van der Waals surface area contributed by atoms with E-state index in [0.717, 1.165) is 5.56 Å². The van der Waals surface area contributed by atoms with E-state index in [1.807, 2.05) is 18.2 Å². The lowest BCUT2D eigenvalue weighted by molar-refractivity contribution is -0.384. The van der Waals surface area contributed by atoms with Crippen LogP contribution in [0.1, 0.15) is 11.5 Å². The zero-order chi connectivity index (χ0) is 14.8. The van der Waals surface area contributed by atoms with Gasteiger partial charge in [0.2, 0.25) is 5.89 Å². The second kappa shape index (κ2) is 5.38. The van der Waals surface area contributed by atoms with Crippen molar-refractivity contribution in [3.8, 4) is 0 Å². The smallest absolute Gasteiger partial charge is 0.273 e. The van der Waals surface area contributed by atoms with Crippen molar-refractivity contribution in [3.05, 3.63) is 69.1 Å². The molecule has 0 aliphatic carbocycles. The van der Waals surface area contributed by atoms with Gasteiger partial charge in [-0.2, -0.15) is 0 Å². The Bertz CT molecular complexity index is 838. The summed E-state index contributed by atoms with van der Waals surface area (Å²) in [5.41, 5.74) is 1.90. The van der Waals surface area contributed by atoms with Gasteiger partial charge in [0, 0.05) is 17.2 Å². The van der Waals surface area contributed by atoms with Crippen LogP contribution in [-0.4, -0.2) is 9.91 Å². The number of fused-ring (bicyclic) bond motifs is 1. The fourth-order valence-electron chi connectivity index (χ4n) is 1.86. The third kappa shape index (κ3) is 2.93. The average molecular weight is 301 g/mol. The molecule has 0 aliphatic heterocycles. The monoisotopic (exact) mass is 300 g/mol. The zero-order valence-electron chi connectivity index (χ0n) is 10.7. The van der Waals surface area contributed by atoms with Gasteiger partial charge in [0.25, 0.3) is 5.69 Å². The Morgan fingerprint density at radius 3 is 2.62 bits per heavy atom. The lowest BCUT2D eigenvalue weighted by atomic mass is 10.2. The van der Waals surface area contributed by atoms with Crippen LogP contribution in [0.15, 0.2) is 46.9 Å². The van der Waals surface area contributed by atoms with Crippen LogP contribution in [0.3, 0.4) is 0 Å². The number of nitro groups is 1. The molecule has 0 unspecified atom stereocenters. The number of non-ortho nitro benzene ring substituents is 1. The van der Waals surface area contributed by atoms with Crippen molar-refractivity contribution in [3.63, 3.8) is 0 Å². The fraction of sp³-hybridized carbons (Fsp3) is 0. The van der Waals surface area contributed by atoms with Gasteiger partial charge in [-0.25, -0.2) is 4.98 Å². The summed E-state index contributed by atoms with van der Waals surface area (Å²) in [5.74, 6) is 0.389. The quantitative estimate of drug-likeness (QED) is 0.525. The highest BCUT2D eigenvalue weighted by Crippen LogP contribution is 2.22. The number of halogens is 1. The molecule has 0 saturated heterocycles. The molecular formula is C15H9ClN2O3. The number of hydrogen-bond donors (Lipinski definition) is 0. The second-order valence-corrected chi connectivity index (χ2v) is 4.78. The Morgan fingerprint density at radius 2 is 1.90 bits per heavy atom. The first kappa shape index (κ1) is 13.3. The molecule has 0 fully saturated rings. The van der Waals surface area contributed by atoms with Gasteiger partial charge in [-0.1, -0.05) is 23.7 Å². The molecule has 0 saturated carbocycles. The lowest BCUT2D eigenvalue weighted by Crippen LogP contribution is -1.86. The van der Waals surface area contributed by atoms with Crippen molar-refractivity contribution in [2.75, 3.05) is 0 Å². The van der Waals surface area contributed by atoms with Crippen molar-refractivity contribution in [2.24, 2.45) is 0 Å². The van der Waals surface area contributed by atoms with Crippen LogP contribution in [0.5, 0.6) is 0 Å². The van der Waals surface area contributed by atoms with E-state index in [1.165, 1.54) is 12.1 Å². The van der Waals surface area contributed by atoms with Gasteiger partial charge >= 0.3 is 0 Å². The maximum atomic E-state index is 10.7. The van der Waals surface area contributed by atoms with Gasteiger partial charge in [0.1, 0.15) is 5.52 Å². The van der Waals surface area contributed by atoms with E-state index in [1.54, 1.807) is 24.3 Å². The zero-order valence-corrected chi connectivity index (χ0v) is 11.4. The van der Waals surface area contributed by atoms with Gasteiger partial charge < -0.3 is 4.42 Å². The number of nitro benzene ring substituents is 1. The Hall–Kier alpha value is -2.66. The van der Waals surface area contributed by atoms with Gasteiger partial charge in [0.05, 0.1) is 11.0 Å². The van der Waals surface area contributed by atoms with Crippen LogP contribution < -0.4 is 0 Å². The number of nitrogens with zero attached hydrogens (tertiary/aromatic N) is 2. The van der Waals surface area contributed by atoms with Crippen LogP contribution in [0.2, 0.25) is 5.02 Å². The Labute approximate surface area is 124 Å². The number of aromatic nitrogens is 1. The van der Waals surface area contributed by atoms with E-state index in [9.17, 15) is 10.1 Å². The third-order valence-corrected chi connectivity index (χ3v) is 3.14.